The minimum absolute atomic E-state index is 0.0312. The number of hydrogen-bond donors (Lipinski definition) is 1. The van der Waals surface area contributed by atoms with Crippen molar-refractivity contribution in [2.75, 3.05) is 25.5 Å². The van der Waals surface area contributed by atoms with Crippen molar-refractivity contribution in [1.29, 1.82) is 0 Å². The Labute approximate surface area is 187 Å². The van der Waals surface area contributed by atoms with Gasteiger partial charge >= 0.3 is 0 Å². The number of carbonyl (C=O) groups excluding carboxylic acids is 3. The smallest absolute Gasteiger partial charge is 0.270 e. The molecule has 3 amide bonds. The molecular weight excluding hydrogens is 408 g/mol. The summed E-state index contributed by atoms with van der Waals surface area (Å²) in [6.07, 6.45) is 1.88. The first-order chi connectivity index (χ1) is 15.3. The molecule has 4 rings (SSSR count). The van der Waals surface area contributed by atoms with E-state index >= 15 is 0 Å². The Morgan fingerprint density at radius 3 is 2.34 bits per heavy atom. The second kappa shape index (κ2) is 8.94. The van der Waals surface area contributed by atoms with E-state index in [-0.39, 0.29) is 23.6 Å². The summed E-state index contributed by atoms with van der Waals surface area (Å²) in [5.41, 5.74) is 4.11. The first-order valence-electron chi connectivity index (χ1n) is 10.9. The Kier molecular flexibility index (Phi) is 6.07. The Hall–Kier alpha value is -3.49. The van der Waals surface area contributed by atoms with Gasteiger partial charge < -0.3 is 10.2 Å². The molecule has 9 heteroatoms. The molecule has 2 aliphatic rings. The second-order valence-electron chi connectivity index (χ2n) is 8.41. The van der Waals surface area contributed by atoms with E-state index in [4.69, 9.17) is 0 Å². The average molecular weight is 437 g/mol. The average Bonchev–Trinajstić information content (AvgIpc) is 3.13. The topological polar surface area (TPSA) is 99.9 Å². The summed E-state index contributed by atoms with van der Waals surface area (Å²) in [4.78, 5) is 38.7. The number of nitrogens with one attached hydrogen (secondary N) is 1. The van der Waals surface area contributed by atoms with Gasteiger partial charge in [0.1, 0.15) is 5.71 Å². The van der Waals surface area contributed by atoms with Crippen molar-refractivity contribution in [3.05, 3.63) is 41.7 Å². The van der Waals surface area contributed by atoms with Crippen molar-refractivity contribution in [3.8, 4) is 5.69 Å². The van der Waals surface area contributed by atoms with Gasteiger partial charge in [0.15, 0.2) is 0 Å². The van der Waals surface area contributed by atoms with Gasteiger partial charge in [-0.3, -0.25) is 14.4 Å². The molecule has 9 nitrogen and oxygen atoms in total. The van der Waals surface area contributed by atoms with E-state index in [0.29, 0.717) is 44.5 Å². The van der Waals surface area contributed by atoms with Crippen molar-refractivity contribution >= 4 is 29.1 Å². The number of likely N-dealkylation sites (tertiary alicyclic amines) is 1. The first-order valence-corrected chi connectivity index (χ1v) is 10.9. The molecule has 1 fully saturated rings. The lowest BCUT2D eigenvalue weighted by Crippen LogP contribution is -2.45. The van der Waals surface area contributed by atoms with E-state index in [1.807, 2.05) is 48.9 Å². The number of rotatable bonds is 4. The van der Waals surface area contributed by atoms with Crippen LogP contribution in [0.2, 0.25) is 0 Å². The number of benzene rings is 1. The number of amides is 3. The van der Waals surface area contributed by atoms with Gasteiger partial charge in [0.2, 0.25) is 11.8 Å². The van der Waals surface area contributed by atoms with E-state index in [9.17, 15) is 14.4 Å². The number of hydrogen-bond acceptors (Lipinski definition) is 5. The van der Waals surface area contributed by atoms with Crippen LogP contribution in [0.15, 0.2) is 35.4 Å². The van der Waals surface area contributed by atoms with Crippen LogP contribution < -0.4 is 5.32 Å². The number of hydrazone groups is 1. The molecule has 1 aromatic carbocycles. The van der Waals surface area contributed by atoms with Gasteiger partial charge in [0, 0.05) is 50.3 Å². The van der Waals surface area contributed by atoms with Gasteiger partial charge in [-0.2, -0.15) is 10.2 Å². The predicted molar refractivity (Wildman–Crippen MR) is 120 cm³/mol. The van der Waals surface area contributed by atoms with E-state index in [1.54, 1.807) is 11.9 Å². The molecule has 2 aromatic rings. The fourth-order valence-corrected chi connectivity index (χ4v) is 4.17. The van der Waals surface area contributed by atoms with Gasteiger partial charge in [-0.15, -0.1) is 0 Å². The SMILES string of the molecule is Cc1cc(C)n(-c2ccc(NC(=O)C3CCN(C(=O)C4=NN(C)C(=O)CC4)CC3)cc2)n1. The van der Waals surface area contributed by atoms with E-state index < -0.39 is 0 Å². The lowest BCUT2D eigenvalue weighted by molar-refractivity contribution is -0.131. The third kappa shape index (κ3) is 4.56. The van der Waals surface area contributed by atoms with Crippen LogP contribution in [-0.2, 0) is 14.4 Å². The number of piperidine rings is 1. The summed E-state index contributed by atoms with van der Waals surface area (Å²) >= 11 is 0. The highest BCUT2D eigenvalue weighted by Crippen LogP contribution is 2.22. The molecule has 1 N–H and O–H groups in total. The molecule has 32 heavy (non-hydrogen) atoms. The van der Waals surface area contributed by atoms with Crippen molar-refractivity contribution < 1.29 is 14.4 Å². The zero-order chi connectivity index (χ0) is 22.8. The monoisotopic (exact) mass is 436 g/mol. The summed E-state index contributed by atoms with van der Waals surface area (Å²) in [6, 6.07) is 9.64. The largest absolute Gasteiger partial charge is 0.337 e. The minimum Gasteiger partial charge on any atom is -0.337 e. The Bertz CT molecular complexity index is 1060. The van der Waals surface area contributed by atoms with Gasteiger partial charge in [-0.25, -0.2) is 9.69 Å². The van der Waals surface area contributed by atoms with Crippen molar-refractivity contribution in [2.45, 2.75) is 39.5 Å². The lowest BCUT2D eigenvalue weighted by Gasteiger charge is -2.32. The highest BCUT2D eigenvalue weighted by molar-refractivity contribution is 6.39. The quantitative estimate of drug-likeness (QED) is 0.795. The van der Waals surface area contributed by atoms with Crippen LogP contribution >= 0.6 is 0 Å². The molecule has 0 saturated carbocycles. The first kappa shape index (κ1) is 21.7. The predicted octanol–water partition coefficient (Wildman–Crippen LogP) is 2.27. The van der Waals surface area contributed by atoms with Crippen LogP contribution in [0.4, 0.5) is 5.69 Å². The number of nitrogens with zero attached hydrogens (tertiary/aromatic N) is 5. The molecule has 0 spiro atoms. The maximum absolute atomic E-state index is 12.7. The number of aryl methyl sites for hydroxylation is 2. The molecule has 3 heterocycles. The van der Waals surface area contributed by atoms with Crippen molar-refractivity contribution in [3.63, 3.8) is 0 Å². The zero-order valence-electron chi connectivity index (χ0n) is 18.7. The molecule has 0 atom stereocenters. The van der Waals surface area contributed by atoms with Crippen LogP contribution in [0.3, 0.4) is 0 Å². The van der Waals surface area contributed by atoms with E-state index in [2.05, 4.69) is 15.5 Å². The van der Waals surface area contributed by atoms with Gasteiger partial charge in [0.05, 0.1) is 11.4 Å². The molecule has 1 aromatic heterocycles. The molecule has 0 unspecified atom stereocenters. The summed E-state index contributed by atoms with van der Waals surface area (Å²) in [5, 5.41) is 12.8. The van der Waals surface area contributed by atoms with Gasteiger partial charge in [0.25, 0.3) is 5.91 Å². The maximum Gasteiger partial charge on any atom is 0.270 e. The number of anilines is 1. The third-order valence-electron chi connectivity index (χ3n) is 6.00. The number of aromatic nitrogens is 2. The summed E-state index contributed by atoms with van der Waals surface area (Å²) in [6.45, 7) is 4.97. The molecule has 1 saturated heterocycles. The Balaban J connectivity index is 1.31. The maximum atomic E-state index is 12.7. The molecule has 168 valence electrons. The fraction of sp³-hybridized carbons (Fsp3) is 0.435. The third-order valence-corrected chi connectivity index (χ3v) is 6.00. The Morgan fingerprint density at radius 2 is 1.75 bits per heavy atom. The highest BCUT2D eigenvalue weighted by atomic mass is 16.2. The van der Waals surface area contributed by atoms with Crippen molar-refractivity contribution in [2.24, 2.45) is 11.0 Å². The normalized spacial score (nSPS) is 17.3. The standard InChI is InChI=1S/C23H28N6O3/c1-15-14-16(2)29(25-15)19-6-4-18(5-7-19)24-22(31)17-10-12-28(13-11-17)23(32)20-8-9-21(30)27(3)26-20/h4-7,14,17H,8-13H2,1-3H3,(H,24,31). The Morgan fingerprint density at radius 1 is 1.06 bits per heavy atom. The number of carbonyl (C=O) groups is 3. The molecule has 0 bridgehead atoms. The lowest BCUT2D eigenvalue weighted by atomic mass is 9.95. The molecule has 0 radical (unpaired) electrons. The second-order valence-corrected chi connectivity index (χ2v) is 8.41. The fourth-order valence-electron chi connectivity index (χ4n) is 4.17. The summed E-state index contributed by atoms with van der Waals surface area (Å²) in [5.74, 6) is -0.397. The zero-order valence-corrected chi connectivity index (χ0v) is 18.7. The molecule has 2 aliphatic heterocycles. The van der Waals surface area contributed by atoms with Crippen LogP contribution in [0.1, 0.15) is 37.1 Å². The van der Waals surface area contributed by atoms with Crippen LogP contribution in [0, 0.1) is 19.8 Å². The van der Waals surface area contributed by atoms with Crippen molar-refractivity contribution in [1.82, 2.24) is 19.7 Å². The van der Waals surface area contributed by atoms with E-state index in [0.717, 1.165) is 22.8 Å². The molecule has 0 aliphatic carbocycles. The van der Waals surface area contributed by atoms with Gasteiger partial charge in [-0.05, 0) is 57.0 Å². The van der Waals surface area contributed by atoms with Crippen LogP contribution in [0.25, 0.3) is 5.69 Å². The van der Waals surface area contributed by atoms with Gasteiger partial charge in [-0.1, -0.05) is 0 Å². The van der Waals surface area contributed by atoms with E-state index in [1.165, 1.54) is 5.01 Å². The molecular formula is C23H28N6O3. The summed E-state index contributed by atoms with van der Waals surface area (Å²) < 4.78 is 1.87. The van der Waals surface area contributed by atoms with Crippen LogP contribution in [-0.4, -0.2) is 63.3 Å². The highest BCUT2D eigenvalue weighted by Gasteiger charge is 2.31. The van der Waals surface area contributed by atoms with Crippen LogP contribution in [0.5, 0.6) is 0 Å². The summed E-state index contributed by atoms with van der Waals surface area (Å²) in [7, 11) is 1.56. The minimum atomic E-state index is -0.146.